The van der Waals surface area contributed by atoms with Crippen molar-refractivity contribution in [2.24, 2.45) is 0 Å². The lowest BCUT2D eigenvalue weighted by Crippen LogP contribution is -2.30. The van der Waals surface area contributed by atoms with E-state index in [1.165, 1.54) is 89.9 Å². The molecule has 6 nitrogen and oxygen atoms in total. The van der Waals surface area contributed by atoms with Gasteiger partial charge in [-0.15, -0.1) is 0 Å². The van der Waals surface area contributed by atoms with E-state index in [1.54, 1.807) is 0 Å². The van der Waals surface area contributed by atoms with Crippen LogP contribution in [0.2, 0.25) is 0 Å². The second-order valence-electron chi connectivity index (χ2n) is 15.3. The maximum absolute atomic E-state index is 12.7. The zero-order valence-electron chi connectivity index (χ0n) is 36.2. The van der Waals surface area contributed by atoms with E-state index >= 15 is 0 Å². The Morgan fingerprint density at radius 3 is 1.24 bits per heavy atom. The lowest BCUT2D eigenvalue weighted by molar-refractivity contribution is -0.167. The lowest BCUT2D eigenvalue weighted by atomic mass is 10.1. The zero-order chi connectivity index (χ0) is 40.1. The Kier molecular flexibility index (Phi) is 42.0. The summed E-state index contributed by atoms with van der Waals surface area (Å²) >= 11 is 0. The summed E-state index contributed by atoms with van der Waals surface area (Å²) in [4.78, 5) is 37.7. The van der Waals surface area contributed by atoms with Crippen LogP contribution in [0, 0.1) is 0 Å². The molecule has 0 aromatic rings. The minimum atomic E-state index is -0.780. The Balaban J connectivity index is 4.39. The monoisotopic (exact) mass is 771 g/mol. The molecule has 1 atom stereocenters. The second-order valence-corrected chi connectivity index (χ2v) is 15.3. The summed E-state index contributed by atoms with van der Waals surface area (Å²) in [7, 11) is 0. The Labute approximate surface area is 339 Å². The normalized spacial score (nSPS) is 12.4. The highest BCUT2D eigenvalue weighted by molar-refractivity contribution is 5.71. The van der Waals surface area contributed by atoms with E-state index in [0.29, 0.717) is 19.3 Å². The fourth-order valence-electron chi connectivity index (χ4n) is 6.35. The first-order valence-electron chi connectivity index (χ1n) is 23.2. The molecule has 0 N–H and O–H groups in total. The molecule has 0 spiro atoms. The molecule has 0 heterocycles. The molecule has 1 unspecified atom stereocenters. The van der Waals surface area contributed by atoms with Gasteiger partial charge in [0.2, 0.25) is 0 Å². The van der Waals surface area contributed by atoms with Crippen molar-refractivity contribution in [1.82, 2.24) is 0 Å². The van der Waals surface area contributed by atoms with Crippen molar-refractivity contribution in [3.05, 3.63) is 48.6 Å². The Morgan fingerprint density at radius 1 is 0.400 bits per heavy atom. The van der Waals surface area contributed by atoms with Crippen LogP contribution in [0.4, 0.5) is 0 Å². The van der Waals surface area contributed by atoms with Gasteiger partial charge < -0.3 is 14.2 Å². The van der Waals surface area contributed by atoms with E-state index in [-0.39, 0.29) is 31.1 Å². The van der Waals surface area contributed by atoms with Crippen molar-refractivity contribution >= 4 is 17.9 Å². The Bertz CT molecular complexity index is 980. The number of carbonyl (C=O) groups is 3. The van der Waals surface area contributed by atoms with E-state index in [0.717, 1.165) is 96.3 Å². The minimum absolute atomic E-state index is 0.0815. The van der Waals surface area contributed by atoms with Crippen molar-refractivity contribution in [2.75, 3.05) is 13.2 Å². The van der Waals surface area contributed by atoms with Crippen LogP contribution in [0.5, 0.6) is 0 Å². The predicted molar refractivity (Wildman–Crippen MR) is 233 cm³/mol. The van der Waals surface area contributed by atoms with Gasteiger partial charge >= 0.3 is 17.9 Å². The highest BCUT2D eigenvalue weighted by Gasteiger charge is 2.19. The highest BCUT2D eigenvalue weighted by atomic mass is 16.6. The summed E-state index contributed by atoms with van der Waals surface area (Å²) in [5.74, 6) is -0.910. The van der Waals surface area contributed by atoms with Gasteiger partial charge in [0, 0.05) is 19.3 Å². The van der Waals surface area contributed by atoms with Gasteiger partial charge in [0.25, 0.3) is 0 Å². The topological polar surface area (TPSA) is 78.9 Å². The number of rotatable bonds is 41. The molecular weight excluding hydrogens is 685 g/mol. The molecule has 0 aliphatic heterocycles. The fourth-order valence-corrected chi connectivity index (χ4v) is 6.35. The Morgan fingerprint density at radius 2 is 0.764 bits per heavy atom. The number of allylic oxidation sites excluding steroid dienone is 8. The Hall–Kier alpha value is -2.63. The van der Waals surface area contributed by atoms with Crippen molar-refractivity contribution in [3.8, 4) is 0 Å². The van der Waals surface area contributed by atoms with Crippen LogP contribution in [-0.2, 0) is 28.6 Å². The lowest BCUT2D eigenvalue weighted by Gasteiger charge is -2.18. The van der Waals surface area contributed by atoms with Crippen LogP contribution < -0.4 is 0 Å². The van der Waals surface area contributed by atoms with Crippen molar-refractivity contribution in [3.63, 3.8) is 0 Å². The van der Waals surface area contributed by atoms with Gasteiger partial charge in [-0.25, -0.2) is 0 Å². The summed E-state index contributed by atoms with van der Waals surface area (Å²) < 4.78 is 16.7. The number of ether oxygens (including phenoxy) is 3. The van der Waals surface area contributed by atoms with Crippen molar-refractivity contribution < 1.29 is 28.6 Å². The quantitative estimate of drug-likeness (QED) is 0.0202. The zero-order valence-corrected chi connectivity index (χ0v) is 36.2. The van der Waals surface area contributed by atoms with Crippen molar-refractivity contribution in [1.29, 1.82) is 0 Å². The van der Waals surface area contributed by atoms with Gasteiger partial charge in [-0.05, 0) is 70.6 Å². The largest absolute Gasteiger partial charge is 0.462 e. The van der Waals surface area contributed by atoms with Gasteiger partial charge in [0.1, 0.15) is 13.2 Å². The number of hydrogen-bond donors (Lipinski definition) is 0. The molecule has 0 bridgehead atoms. The van der Waals surface area contributed by atoms with Gasteiger partial charge in [-0.1, -0.05) is 185 Å². The molecule has 0 aliphatic rings. The van der Waals surface area contributed by atoms with Crippen LogP contribution in [0.3, 0.4) is 0 Å². The standard InChI is InChI=1S/C49H86O6/c1-4-7-10-13-16-19-22-24-25-26-28-30-33-36-39-42-48(51)54-45-46(44-53-47(50)41-38-35-32-29-21-18-15-12-9-6-3)55-49(52)43-40-37-34-31-27-23-20-17-14-11-8-5-2/h8,11,16-17,19-20,22,24,46H,4-7,9-10,12-15,18,21,23,25-45H2,1-3H3/b11-8-,19-16-,20-17-,24-22-. The molecule has 0 amide bonds. The third kappa shape index (κ3) is 42.4. The fraction of sp³-hybridized carbons (Fsp3) is 0.776. The molecule has 55 heavy (non-hydrogen) atoms. The van der Waals surface area contributed by atoms with Crippen molar-refractivity contribution in [2.45, 2.75) is 232 Å². The van der Waals surface area contributed by atoms with E-state index in [2.05, 4.69) is 69.4 Å². The number of esters is 3. The maximum Gasteiger partial charge on any atom is 0.306 e. The first kappa shape index (κ1) is 52.4. The SMILES string of the molecule is CC/C=C\C/C=C\CCCCCCCC(=O)OC(COC(=O)CCCCCCCC/C=C\C=C/CCCCC)COC(=O)CCCCCCCCCCCC. The molecule has 318 valence electrons. The van der Waals surface area contributed by atoms with Crippen LogP contribution in [0.1, 0.15) is 226 Å². The number of carbonyl (C=O) groups excluding carboxylic acids is 3. The van der Waals surface area contributed by atoms with Crippen LogP contribution in [0.25, 0.3) is 0 Å². The van der Waals surface area contributed by atoms with Crippen LogP contribution >= 0.6 is 0 Å². The smallest absolute Gasteiger partial charge is 0.306 e. The molecule has 0 fully saturated rings. The van der Waals surface area contributed by atoms with E-state index in [1.807, 2.05) is 0 Å². The average Bonchev–Trinajstić information content (AvgIpc) is 3.18. The molecule has 0 aliphatic carbocycles. The molecule has 0 rings (SSSR count). The summed E-state index contributed by atoms with van der Waals surface area (Å²) in [6, 6.07) is 0. The molecule has 6 heteroatoms. The van der Waals surface area contributed by atoms with E-state index in [4.69, 9.17) is 14.2 Å². The summed E-state index contributed by atoms with van der Waals surface area (Å²) in [5.41, 5.74) is 0. The average molecular weight is 771 g/mol. The van der Waals surface area contributed by atoms with E-state index < -0.39 is 6.10 Å². The molecule has 0 radical (unpaired) electrons. The van der Waals surface area contributed by atoms with E-state index in [9.17, 15) is 14.4 Å². The molecule has 0 saturated carbocycles. The predicted octanol–water partition coefficient (Wildman–Crippen LogP) is 14.8. The van der Waals surface area contributed by atoms with Gasteiger partial charge in [0.05, 0.1) is 0 Å². The molecule has 0 aromatic carbocycles. The van der Waals surface area contributed by atoms with Gasteiger partial charge in [-0.3, -0.25) is 14.4 Å². The highest BCUT2D eigenvalue weighted by Crippen LogP contribution is 2.14. The first-order valence-corrected chi connectivity index (χ1v) is 23.2. The number of hydrogen-bond acceptors (Lipinski definition) is 6. The van der Waals surface area contributed by atoms with Crippen LogP contribution in [0.15, 0.2) is 48.6 Å². The molecule has 0 aromatic heterocycles. The van der Waals surface area contributed by atoms with Gasteiger partial charge in [-0.2, -0.15) is 0 Å². The second kappa shape index (κ2) is 44.1. The number of unbranched alkanes of at least 4 members (excludes halogenated alkanes) is 23. The maximum atomic E-state index is 12.7. The first-order chi connectivity index (χ1) is 27.0. The molecular formula is C49H86O6. The van der Waals surface area contributed by atoms with Gasteiger partial charge in [0.15, 0.2) is 6.10 Å². The third-order valence-electron chi connectivity index (χ3n) is 9.85. The molecule has 0 saturated heterocycles. The summed E-state index contributed by atoms with van der Waals surface area (Å²) in [6.07, 6.45) is 50.9. The summed E-state index contributed by atoms with van der Waals surface area (Å²) in [5, 5.41) is 0. The minimum Gasteiger partial charge on any atom is -0.462 e. The summed E-state index contributed by atoms with van der Waals surface area (Å²) in [6.45, 7) is 6.46. The van der Waals surface area contributed by atoms with Crippen LogP contribution in [-0.4, -0.2) is 37.2 Å². The third-order valence-corrected chi connectivity index (χ3v) is 9.85.